The van der Waals surface area contributed by atoms with E-state index in [9.17, 15) is 9.18 Å². The number of nitrogens with one attached hydrogen (secondary N) is 1. The van der Waals surface area contributed by atoms with Crippen LogP contribution in [0.5, 0.6) is 0 Å². The third-order valence-corrected chi connectivity index (χ3v) is 5.58. The molecule has 1 amide bonds. The summed E-state index contributed by atoms with van der Waals surface area (Å²) < 4.78 is 18.5. The van der Waals surface area contributed by atoms with Crippen LogP contribution in [0.4, 0.5) is 4.39 Å². The molecular weight excluding hydrogens is 379 g/mol. The van der Waals surface area contributed by atoms with Gasteiger partial charge in [0.25, 0.3) is 0 Å². The lowest BCUT2D eigenvalue weighted by Crippen LogP contribution is -2.48. The van der Waals surface area contributed by atoms with Gasteiger partial charge in [-0.3, -0.25) is 10.1 Å². The maximum atomic E-state index is 13.0. The van der Waals surface area contributed by atoms with Crippen LogP contribution in [0.25, 0.3) is 11.4 Å². The summed E-state index contributed by atoms with van der Waals surface area (Å²) in [5, 5.41) is 7.24. The van der Waals surface area contributed by atoms with Gasteiger partial charge in [0, 0.05) is 30.3 Å². The van der Waals surface area contributed by atoms with Gasteiger partial charge in [0.1, 0.15) is 5.82 Å². The Balaban J connectivity index is 0.00000196. The first kappa shape index (κ1) is 19.1. The summed E-state index contributed by atoms with van der Waals surface area (Å²) in [6.07, 6.45) is 1.84. The summed E-state index contributed by atoms with van der Waals surface area (Å²) in [4.78, 5) is 19.0. The van der Waals surface area contributed by atoms with E-state index in [1.165, 1.54) is 12.1 Å². The van der Waals surface area contributed by atoms with Crippen molar-refractivity contribution in [1.29, 1.82) is 0 Å². The molecule has 2 aliphatic rings. The average molecular weight is 399 g/mol. The molecule has 2 aromatic rings. The lowest BCUT2D eigenvalue weighted by atomic mass is 9.97. The molecule has 140 valence electrons. The number of halogens is 2. The van der Waals surface area contributed by atoms with Gasteiger partial charge in [-0.1, -0.05) is 5.16 Å². The molecular formula is C17H20ClFN4O2S. The van der Waals surface area contributed by atoms with Crippen molar-refractivity contribution < 1.29 is 13.7 Å². The van der Waals surface area contributed by atoms with Crippen molar-refractivity contribution in [3.05, 3.63) is 36.0 Å². The van der Waals surface area contributed by atoms with Crippen LogP contribution in [0.15, 0.2) is 28.8 Å². The average Bonchev–Trinajstić information content (AvgIpc) is 3.34. The second kappa shape index (κ2) is 8.37. The minimum atomic E-state index is -0.299. The molecule has 2 unspecified atom stereocenters. The predicted molar refractivity (Wildman–Crippen MR) is 99.7 cm³/mol. The van der Waals surface area contributed by atoms with Gasteiger partial charge in [0.05, 0.1) is 12.0 Å². The zero-order valence-corrected chi connectivity index (χ0v) is 15.7. The van der Waals surface area contributed by atoms with E-state index in [0.717, 1.165) is 31.0 Å². The molecule has 1 aromatic heterocycles. The summed E-state index contributed by atoms with van der Waals surface area (Å²) in [6, 6.07) is 5.92. The molecule has 2 atom stereocenters. The molecule has 0 bridgehead atoms. The van der Waals surface area contributed by atoms with Crippen molar-refractivity contribution >= 4 is 30.1 Å². The van der Waals surface area contributed by atoms with Crippen molar-refractivity contribution in [2.24, 2.45) is 0 Å². The van der Waals surface area contributed by atoms with Crippen LogP contribution in [-0.4, -0.2) is 51.7 Å². The molecule has 2 saturated heterocycles. The first-order valence-electron chi connectivity index (χ1n) is 8.40. The number of piperidine rings is 1. The molecule has 0 saturated carbocycles. The summed E-state index contributed by atoms with van der Waals surface area (Å²) in [7, 11) is 0. The summed E-state index contributed by atoms with van der Waals surface area (Å²) in [6.45, 7) is 1.38. The van der Waals surface area contributed by atoms with Crippen LogP contribution in [0.1, 0.15) is 24.7 Å². The molecule has 0 radical (unpaired) electrons. The van der Waals surface area contributed by atoms with E-state index < -0.39 is 0 Å². The monoisotopic (exact) mass is 398 g/mol. The molecule has 2 fully saturated rings. The van der Waals surface area contributed by atoms with Gasteiger partial charge in [0.15, 0.2) is 0 Å². The summed E-state index contributed by atoms with van der Waals surface area (Å²) >= 11 is 1.75. The molecule has 0 spiro atoms. The number of likely N-dealkylation sites (tertiary alicyclic amines) is 1. The van der Waals surface area contributed by atoms with Crippen molar-refractivity contribution in [3.63, 3.8) is 0 Å². The number of hydrogen-bond donors (Lipinski definition) is 1. The second-order valence-corrected chi connectivity index (χ2v) is 7.39. The van der Waals surface area contributed by atoms with Gasteiger partial charge in [-0.25, -0.2) is 4.39 Å². The molecule has 1 N–H and O–H groups in total. The fraction of sp³-hybridized carbons (Fsp3) is 0.471. The SMILES string of the molecule is Cl.O=C(C1CSCN1)N1CCCC(c2nc(-c3ccc(F)cc3)no2)C1. The van der Waals surface area contributed by atoms with Gasteiger partial charge in [-0.2, -0.15) is 4.98 Å². The van der Waals surface area contributed by atoms with Crippen LogP contribution in [0.2, 0.25) is 0 Å². The number of nitrogens with zero attached hydrogens (tertiary/aromatic N) is 3. The Labute approximate surface area is 161 Å². The Hall–Kier alpha value is -1.64. The number of hydrogen-bond acceptors (Lipinski definition) is 6. The first-order valence-corrected chi connectivity index (χ1v) is 9.55. The van der Waals surface area contributed by atoms with Crippen molar-refractivity contribution in [2.45, 2.75) is 24.8 Å². The number of aromatic nitrogens is 2. The van der Waals surface area contributed by atoms with Gasteiger partial charge in [-0.05, 0) is 37.1 Å². The minimum absolute atomic E-state index is 0. The Kier molecular flexibility index (Phi) is 6.16. The van der Waals surface area contributed by atoms with E-state index >= 15 is 0 Å². The zero-order valence-electron chi connectivity index (χ0n) is 14.1. The largest absolute Gasteiger partial charge is 0.341 e. The molecule has 3 heterocycles. The van der Waals surface area contributed by atoms with E-state index in [1.54, 1.807) is 23.9 Å². The van der Waals surface area contributed by atoms with E-state index in [4.69, 9.17) is 4.52 Å². The topological polar surface area (TPSA) is 71.3 Å². The molecule has 6 nitrogen and oxygen atoms in total. The van der Waals surface area contributed by atoms with Crippen molar-refractivity contribution in [3.8, 4) is 11.4 Å². The molecule has 1 aromatic carbocycles. The van der Waals surface area contributed by atoms with Gasteiger partial charge >= 0.3 is 0 Å². The standard InChI is InChI=1S/C17H19FN4O2S.ClH/c18-13-5-3-11(4-6-13)15-20-16(24-21-15)12-2-1-7-22(8-12)17(23)14-9-25-10-19-14;/h3-6,12,14,19H,1-2,7-10H2;1H. The Morgan fingerprint density at radius 1 is 1.35 bits per heavy atom. The van der Waals surface area contributed by atoms with Crippen LogP contribution >= 0.6 is 24.2 Å². The number of amides is 1. The van der Waals surface area contributed by atoms with E-state index in [-0.39, 0.29) is 36.1 Å². The predicted octanol–water partition coefficient (Wildman–Crippen LogP) is 2.67. The number of rotatable bonds is 3. The Morgan fingerprint density at radius 3 is 2.88 bits per heavy atom. The van der Waals surface area contributed by atoms with Gasteiger partial charge in [0.2, 0.25) is 17.6 Å². The first-order chi connectivity index (χ1) is 12.2. The fourth-order valence-electron chi connectivity index (χ4n) is 3.27. The number of thioether (sulfide) groups is 1. The normalized spacial score (nSPS) is 22.9. The lowest BCUT2D eigenvalue weighted by molar-refractivity contribution is -0.134. The Morgan fingerprint density at radius 2 is 2.15 bits per heavy atom. The highest BCUT2D eigenvalue weighted by molar-refractivity contribution is 7.99. The van der Waals surface area contributed by atoms with E-state index in [1.807, 2.05) is 4.90 Å². The van der Waals surface area contributed by atoms with Crippen LogP contribution in [0, 0.1) is 5.82 Å². The second-order valence-electron chi connectivity index (χ2n) is 6.36. The maximum absolute atomic E-state index is 13.0. The van der Waals surface area contributed by atoms with E-state index in [2.05, 4.69) is 15.5 Å². The molecule has 9 heteroatoms. The molecule has 26 heavy (non-hydrogen) atoms. The van der Waals surface area contributed by atoms with Crippen LogP contribution in [-0.2, 0) is 4.79 Å². The molecule has 2 aliphatic heterocycles. The van der Waals surface area contributed by atoms with Crippen LogP contribution in [0.3, 0.4) is 0 Å². The zero-order chi connectivity index (χ0) is 17.2. The maximum Gasteiger partial charge on any atom is 0.240 e. The Bertz CT molecular complexity index is 751. The fourth-order valence-corrected chi connectivity index (χ4v) is 4.20. The van der Waals surface area contributed by atoms with Crippen LogP contribution < -0.4 is 5.32 Å². The van der Waals surface area contributed by atoms with E-state index in [0.29, 0.717) is 23.8 Å². The quantitative estimate of drug-likeness (QED) is 0.857. The number of benzene rings is 1. The third kappa shape index (κ3) is 4.02. The highest BCUT2D eigenvalue weighted by Gasteiger charge is 2.33. The summed E-state index contributed by atoms with van der Waals surface area (Å²) in [5.41, 5.74) is 0.715. The summed E-state index contributed by atoms with van der Waals surface area (Å²) in [5.74, 6) is 2.57. The van der Waals surface area contributed by atoms with Crippen molar-refractivity contribution in [2.75, 3.05) is 24.7 Å². The molecule has 0 aliphatic carbocycles. The van der Waals surface area contributed by atoms with Crippen molar-refractivity contribution in [1.82, 2.24) is 20.4 Å². The highest BCUT2D eigenvalue weighted by Crippen LogP contribution is 2.28. The van der Waals surface area contributed by atoms with Gasteiger partial charge in [-0.15, -0.1) is 24.2 Å². The smallest absolute Gasteiger partial charge is 0.240 e. The lowest BCUT2D eigenvalue weighted by Gasteiger charge is -2.32. The number of carbonyl (C=O) groups excluding carboxylic acids is 1. The van der Waals surface area contributed by atoms with Gasteiger partial charge < -0.3 is 9.42 Å². The number of carbonyl (C=O) groups is 1. The molecule has 4 rings (SSSR count). The third-order valence-electron chi connectivity index (χ3n) is 4.64. The highest BCUT2D eigenvalue weighted by atomic mass is 35.5. The minimum Gasteiger partial charge on any atom is -0.341 e.